The Bertz CT molecular complexity index is 814. The van der Waals surface area contributed by atoms with Crippen LogP contribution in [0.15, 0.2) is 48.5 Å². The standard InChI is InChI=1S/C22H26N2O4/c1-16(25)24(2)14-17-5-3-6-19(13-17)23-22(26)18-8-10-20(11-9-18)28-15-21-7-4-12-27-21/h3,5-6,8-11,13,21H,4,7,12,14-15H2,1-2H3,(H,23,26). The zero-order valence-electron chi connectivity index (χ0n) is 16.3. The van der Waals surface area contributed by atoms with E-state index in [4.69, 9.17) is 9.47 Å². The molecule has 148 valence electrons. The van der Waals surface area contributed by atoms with Gasteiger partial charge in [-0.15, -0.1) is 0 Å². The van der Waals surface area contributed by atoms with Crippen LogP contribution in [0.5, 0.6) is 5.75 Å². The molecule has 2 aromatic rings. The number of hydrogen-bond donors (Lipinski definition) is 1. The van der Waals surface area contributed by atoms with Crippen LogP contribution in [0.1, 0.15) is 35.7 Å². The Labute approximate surface area is 165 Å². The minimum absolute atomic E-state index is 0.00348. The highest BCUT2D eigenvalue weighted by Crippen LogP contribution is 2.18. The van der Waals surface area contributed by atoms with E-state index in [-0.39, 0.29) is 17.9 Å². The van der Waals surface area contributed by atoms with Crippen LogP contribution in [0.4, 0.5) is 5.69 Å². The fourth-order valence-electron chi connectivity index (χ4n) is 3.00. The number of rotatable bonds is 7. The van der Waals surface area contributed by atoms with Gasteiger partial charge in [0.2, 0.25) is 5.91 Å². The molecule has 1 aliphatic heterocycles. The summed E-state index contributed by atoms with van der Waals surface area (Å²) in [7, 11) is 1.75. The number of carbonyl (C=O) groups is 2. The van der Waals surface area contributed by atoms with Gasteiger partial charge in [0.1, 0.15) is 12.4 Å². The molecule has 0 bridgehead atoms. The number of amides is 2. The van der Waals surface area contributed by atoms with Crippen molar-refractivity contribution in [3.63, 3.8) is 0 Å². The van der Waals surface area contributed by atoms with E-state index in [0.717, 1.165) is 30.8 Å². The summed E-state index contributed by atoms with van der Waals surface area (Å²) in [5, 5.41) is 2.89. The molecule has 6 nitrogen and oxygen atoms in total. The van der Waals surface area contributed by atoms with Gasteiger partial charge in [0.15, 0.2) is 0 Å². The lowest BCUT2D eigenvalue weighted by atomic mass is 10.1. The SMILES string of the molecule is CC(=O)N(C)Cc1cccc(NC(=O)c2ccc(OCC3CCCO3)cc2)c1. The predicted molar refractivity (Wildman–Crippen MR) is 107 cm³/mol. The molecule has 1 N–H and O–H groups in total. The molecule has 2 amide bonds. The molecule has 0 aromatic heterocycles. The molecule has 1 saturated heterocycles. The molecular formula is C22H26N2O4. The van der Waals surface area contributed by atoms with Gasteiger partial charge in [-0.2, -0.15) is 0 Å². The van der Waals surface area contributed by atoms with E-state index < -0.39 is 0 Å². The van der Waals surface area contributed by atoms with Crippen molar-refractivity contribution in [2.24, 2.45) is 0 Å². The molecule has 0 aliphatic carbocycles. The first-order valence-corrected chi connectivity index (χ1v) is 9.48. The quantitative estimate of drug-likeness (QED) is 0.796. The van der Waals surface area contributed by atoms with Crippen molar-refractivity contribution >= 4 is 17.5 Å². The van der Waals surface area contributed by atoms with Crippen molar-refractivity contribution in [3.05, 3.63) is 59.7 Å². The molecule has 6 heteroatoms. The Balaban J connectivity index is 1.56. The molecule has 0 saturated carbocycles. The highest BCUT2D eigenvalue weighted by Gasteiger charge is 2.16. The molecular weight excluding hydrogens is 356 g/mol. The minimum atomic E-state index is -0.192. The Hall–Kier alpha value is -2.86. The number of anilines is 1. The van der Waals surface area contributed by atoms with Crippen molar-refractivity contribution < 1.29 is 19.1 Å². The maximum Gasteiger partial charge on any atom is 0.255 e. The molecule has 1 atom stereocenters. The van der Waals surface area contributed by atoms with E-state index in [2.05, 4.69) is 5.32 Å². The number of nitrogens with one attached hydrogen (secondary N) is 1. The fraction of sp³-hybridized carbons (Fsp3) is 0.364. The van der Waals surface area contributed by atoms with E-state index in [1.54, 1.807) is 36.2 Å². The lowest BCUT2D eigenvalue weighted by molar-refractivity contribution is -0.128. The van der Waals surface area contributed by atoms with Crippen LogP contribution in [0.2, 0.25) is 0 Å². The largest absolute Gasteiger partial charge is 0.491 e. The average Bonchev–Trinajstić information content (AvgIpc) is 3.20. The van der Waals surface area contributed by atoms with Crippen molar-refractivity contribution in [3.8, 4) is 5.75 Å². The van der Waals surface area contributed by atoms with Gasteiger partial charge in [-0.1, -0.05) is 12.1 Å². The zero-order chi connectivity index (χ0) is 19.9. The molecule has 1 unspecified atom stereocenters. The zero-order valence-corrected chi connectivity index (χ0v) is 16.3. The Morgan fingerprint density at radius 2 is 2.00 bits per heavy atom. The van der Waals surface area contributed by atoms with Gasteiger partial charge in [-0.05, 0) is 54.8 Å². The van der Waals surface area contributed by atoms with Crippen molar-refractivity contribution in [1.82, 2.24) is 4.90 Å². The van der Waals surface area contributed by atoms with Gasteiger partial charge in [-0.3, -0.25) is 9.59 Å². The van der Waals surface area contributed by atoms with Crippen LogP contribution in [-0.2, 0) is 16.1 Å². The van der Waals surface area contributed by atoms with Gasteiger partial charge in [0.25, 0.3) is 5.91 Å². The van der Waals surface area contributed by atoms with Crippen molar-refractivity contribution in [1.29, 1.82) is 0 Å². The van der Waals surface area contributed by atoms with E-state index in [9.17, 15) is 9.59 Å². The molecule has 1 fully saturated rings. The molecule has 1 heterocycles. The van der Waals surface area contributed by atoms with E-state index in [0.29, 0.717) is 24.4 Å². The lowest BCUT2D eigenvalue weighted by Gasteiger charge is -2.15. The van der Waals surface area contributed by atoms with Gasteiger partial charge < -0.3 is 19.7 Å². The van der Waals surface area contributed by atoms with Gasteiger partial charge in [0, 0.05) is 38.4 Å². The average molecular weight is 382 g/mol. The third-order valence-corrected chi connectivity index (χ3v) is 4.72. The van der Waals surface area contributed by atoms with Crippen LogP contribution in [-0.4, -0.2) is 43.1 Å². The summed E-state index contributed by atoms with van der Waals surface area (Å²) in [6, 6.07) is 14.6. The third-order valence-electron chi connectivity index (χ3n) is 4.72. The highest BCUT2D eigenvalue weighted by molar-refractivity contribution is 6.04. The number of carbonyl (C=O) groups excluding carboxylic acids is 2. The summed E-state index contributed by atoms with van der Waals surface area (Å²) in [6.45, 7) is 3.36. The molecule has 0 radical (unpaired) electrons. The summed E-state index contributed by atoms with van der Waals surface area (Å²) in [5.41, 5.74) is 2.20. The first-order chi connectivity index (χ1) is 13.5. The number of nitrogens with zero attached hydrogens (tertiary/aromatic N) is 1. The molecule has 28 heavy (non-hydrogen) atoms. The fourth-order valence-corrected chi connectivity index (χ4v) is 3.00. The molecule has 0 spiro atoms. The van der Waals surface area contributed by atoms with Crippen molar-refractivity contribution in [2.45, 2.75) is 32.4 Å². The molecule has 1 aliphatic rings. The maximum atomic E-state index is 12.5. The second-order valence-corrected chi connectivity index (χ2v) is 7.00. The predicted octanol–water partition coefficient (Wildman–Crippen LogP) is 3.48. The Morgan fingerprint density at radius 3 is 2.68 bits per heavy atom. The summed E-state index contributed by atoms with van der Waals surface area (Å²) >= 11 is 0. The number of ether oxygens (including phenoxy) is 2. The first-order valence-electron chi connectivity index (χ1n) is 9.48. The smallest absolute Gasteiger partial charge is 0.255 e. The third kappa shape index (κ3) is 5.57. The first kappa shape index (κ1) is 19.9. The number of hydrogen-bond acceptors (Lipinski definition) is 4. The van der Waals surface area contributed by atoms with E-state index in [1.165, 1.54) is 6.92 Å². The van der Waals surface area contributed by atoms with Crippen molar-refractivity contribution in [2.75, 3.05) is 25.6 Å². The molecule has 3 rings (SSSR count). The Morgan fingerprint density at radius 1 is 1.21 bits per heavy atom. The van der Waals surface area contributed by atoms with Crippen LogP contribution >= 0.6 is 0 Å². The summed E-state index contributed by atoms with van der Waals surface area (Å²) in [6.07, 6.45) is 2.28. The lowest BCUT2D eigenvalue weighted by Crippen LogP contribution is -2.23. The Kier molecular flexibility index (Phi) is 6.66. The monoisotopic (exact) mass is 382 g/mol. The van der Waals surface area contributed by atoms with Crippen LogP contribution < -0.4 is 10.1 Å². The van der Waals surface area contributed by atoms with Gasteiger partial charge >= 0.3 is 0 Å². The topological polar surface area (TPSA) is 67.9 Å². The summed E-state index contributed by atoms with van der Waals surface area (Å²) < 4.78 is 11.3. The second kappa shape index (κ2) is 9.37. The van der Waals surface area contributed by atoms with Crippen LogP contribution in [0, 0.1) is 0 Å². The summed E-state index contributed by atoms with van der Waals surface area (Å²) in [5.74, 6) is 0.528. The van der Waals surface area contributed by atoms with Gasteiger partial charge in [0.05, 0.1) is 6.10 Å². The van der Waals surface area contributed by atoms with E-state index in [1.807, 2.05) is 24.3 Å². The summed E-state index contributed by atoms with van der Waals surface area (Å²) in [4.78, 5) is 25.5. The van der Waals surface area contributed by atoms with Gasteiger partial charge in [-0.25, -0.2) is 0 Å². The second-order valence-electron chi connectivity index (χ2n) is 7.00. The van der Waals surface area contributed by atoms with Crippen LogP contribution in [0.25, 0.3) is 0 Å². The normalized spacial score (nSPS) is 15.9. The molecule has 2 aromatic carbocycles. The van der Waals surface area contributed by atoms with Crippen LogP contribution in [0.3, 0.4) is 0 Å². The number of benzene rings is 2. The highest BCUT2D eigenvalue weighted by atomic mass is 16.5. The minimum Gasteiger partial charge on any atom is -0.491 e. The van der Waals surface area contributed by atoms with E-state index >= 15 is 0 Å². The maximum absolute atomic E-state index is 12.5.